The van der Waals surface area contributed by atoms with Crippen molar-refractivity contribution in [2.75, 3.05) is 27.2 Å². The smallest absolute Gasteiger partial charge is 0.222 e. The molecule has 2 aliphatic rings. The molecule has 5 heteroatoms. The van der Waals surface area contributed by atoms with Crippen molar-refractivity contribution in [3.63, 3.8) is 0 Å². The van der Waals surface area contributed by atoms with Gasteiger partial charge in [0.1, 0.15) is 11.6 Å². The first-order valence-corrected chi connectivity index (χ1v) is 8.39. The summed E-state index contributed by atoms with van der Waals surface area (Å²) < 4.78 is 19.4. The van der Waals surface area contributed by atoms with E-state index >= 15 is 0 Å². The summed E-state index contributed by atoms with van der Waals surface area (Å²) in [6.45, 7) is 2.37. The Labute approximate surface area is 137 Å². The Balaban J connectivity index is 1.72. The van der Waals surface area contributed by atoms with Crippen LogP contribution >= 0.6 is 0 Å². The van der Waals surface area contributed by atoms with Gasteiger partial charge < -0.3 is 9.64 Å². The number of hydrogen-bond donors (Lipinski definition) is 0. The van der Waals surface area contributed by atoms with Gasteiger partial charge in [-0.3, -0.25) is 9.69 Å². The molecule has 1 aromatic rings. The molecule has 0 N–H and O–H groups in total. The Kier molecular flexibility index (Phi) is 4.85. The van der Waals surface area contributed by atoms with E-state index in [4.69, 9.17) is 4.74 Å². The molecule has 0 bridgehead atoms. The maximum absolute atomic E-state index is 14.1. The van der Waals surface area contributed by atoms with Crippen LogP contribution in [0.1, 0.15) is 31.2 Å². The normalized spacial score (nSPS) is 25.9. The van der Waals surface area contributed by atoms with Gasteiger partial charge in [0.05, 0.1) is 7.11 Å². The topological polar surface area (TPSA) is 32.8 Å². The van der Waals surface area contributed by atoms with E-state index in [1.807, 2.05) is 18.0 Å². The lowest BCUT2D eigenvalue weighted by atomic mass is 9.88. The van der Waals surface area contributed by atoms with Gasteiger partial charge in [-0.2, -0.15) is 0 Å². The van der Waals surface area contributed by atoms with Crippen molar-refractivity contribution in [1.29, 1.82) is 0 Å². The third kappa shape index (κ3) is 3.34. The highest BCUT2D eigenvalue weighted by Gasteiger charge is 2.35. The van der Waals surface area contributed by atoms with Gasteiger partial charge in [-0.05, 0) is 37.3 Å². The number of methoxy groups -OCH3 is 1. The first-order valence-electron chi connectivity index (χ1n) is 8.39. The van der Waals surface area contributed by atoms with Crippen LogP contribution in [0.25, 0.3) is 0 Å². The van der Waals surface area contributed by atoms with Crippen LogP contribution in [0.4, 0.5) is 4.39 Å². The third-order valence-electron chi connectivity index (χ3n) is 5.31. The first-order chi connectivity index (χ1) is 11.1. The van der Waals surface area contributed by atoms with Crippen molar-refractivity contribution in [2.45, 2.75) is 38.3 Å². The number of ether oxygens (including phenoxy) is 1. The van der Waals surface area contributed by atoms with Gasteiger partial charge in [0.25, 0.3) is 0 Å². The van der Waals surface area contributed by atoms with Gasteiger partial charge in [0.15, 0.2) is 0 Å². The summed E-state index contributed by atoms with van der Waals surface area (Å²) in [6, 6.07) is 5.31. The van der Waals surface area contributed by atoms with Gasteiger partial charge in [-0.1, -0.05) is 6.07 Å². The van der Waals surface area contributed by atoms with Crippen LogP contribution < -0.4 is 4.74 Å². The number of carbonyl (C=O) groups is 1. The zero-order chi connectivity index (χ0) is 16.4. The highest BCUT2D eigenvalue weighted by atomic mass is 19.1. The molecule has 2 atom stereocenters. The number of carbonyl (C=O) groups excluding carboxylic acids is 1. The molecule has 2 fully saturated rings. The maximum atomic E-state index is 14.1. The predicted molar refractivity (Wildman–Crippen MR) is 86.7 cm³/mol. The van der Waals surface area contributed by atoms with Crippen LogP contribution in [-0.2, 0) is 11.3 Å². The van der Waals surface area contributed by atoms with Gasteiger partial charge in [0.2, 0.25) is 5.91 Å². The lowest BCUT2D eigenvalue weighted by Crippen LogP contribution is -2.50. The molecule has 3 rings (SSSR count). The quantitative estimate of drug-likeness (QED) is 0.858. The summed E-state index contributed by atoms with van der Waals surface area (Å²) in [4.78, 5) is 16.3. The number of fused-ring (bicyclic) bond motifs is 1. The summed E-state index contributed by atoms with van der Waals surface area (Å²) in [5.41, 5.74) is 0.631. The fourth-order valence-electron chi connectivity index (χ4n) is 4.02. The number of nitrogens with zero attached hydrogens (tertiary/aromatic N) is 2. The fourth-order valence-corrected chi connectivity index (χ4v) is 4.02. The summed E-state index contributed by atoms with van der Waals surface area (Å²) in [5, 5.41) is 0. The Morgan fingerprint density at radius 1 is 1.35 bits per heavy atom. The van der Waals surface area contributed by atoms with E-state index in [9.17, 15) is 9.18 Å². The molecule has 2 heterocycles. The Hall–Kier alpha value is -1.62. The summed E-state index contributed by atoms with van der Waals surface area (Å²) in [5.74, 6) is 1.15. The van der Waals surface area contributed by atoms with E-state index in [1.165, 1.54) is 6.07 Å². The number of likely N-dealkylation sites (tertiary alicyclic amines) is 2. The zero-order valence-corrected chi connectivity index (χ0v) is 13.9. The average molecular weight is 320 g/mol. The molecule has 0 spiro atoms. The van der Waals surface area contributed by atoms with Gasteiger partial charge in [-0.25, -0.2) is 4.39 Å². The maximum Gasteiger partial charge on any atom is 0.222 e. The fraction of sp³-hybridized carbons (Fsp3) is 0.611. The van der Waals surface area contributed by atoms with Gasteiger partial charge in [0, 0.05) is 44.7 Å². The van der Waals surface area contributed by atoms with Crippen LogP contribution in [0.3, 0.4) is 0 Å². The minimum absolute atomic E-state index is 0.209. The second-order valence-corrected chi connectivity index (χ2v) is 6.67. The van der Waals surface area contributed by atoms with Crippen molar-refractivity contribution in [2.24, 2.45) is 5.92 Å². The average Bonchev–Trinajstić information content (AvgIpc) is 2.69. The summed E-state index contributed by atoms with van der Waals surface area (Å²) in [6.07, 6.45) is 3.65. The third-order valence-corrected chi connectivity index (χ3v) is 5.31. The standard InChI is InChI=1S/C18H25FN2O2/c1-20-16-9-10-21(11-13(16)5-3-8-18(20)22)12-14-15(19)6-4-7-17(14)23-2/h4,6-7,13,16H,3,5,8-12H2,1-2H3/t13-,16-/m1/s1. The molecular weight excluding hydrogens is 295 g/mol. The highest BCUT2D eigenvalue weighted by molar-refractivity contribution is 5.76. The monoisotopic (exact) mass is 320 g/mol. The van der Waals surface area contributed by atoms with Crippen molar-refractivity contribution >= 4 is 5.91 Å². The number of benzene rings is 1. The molecule has 126 valence electrons. The lowest BCUT2D eigenvalue weighted by molar-refractivity contribution is -0.132. The van der Waals surface area contributed by atoms with Crippen LogP contribution in [-0.4, -0.2) is 49.0 Å². The molecule has 0 aromatic heterocycles. The first kappa shape index (κ1) is 16.2. The van der Waals surface area contributed by atoms with Crippen molar-refractivity contribution in [3.05, 3.63) is 29.6 Å². The summed E-state index contributed by atoms with van der Waals surface area (Å²) in [7, 11) is 3.51. The molecule has 0 unspecified atom stereocenters. The Bertz CT molecular complexity index is 578. The van der Waals surface area contributed by atoms with Crippen LogP contribution in [0.2, 0.25) is 0 Å². The largest absolute Gasteiger partial charge is 0.496 e. The number of amides is 1. The van der Waals surface area contributed by atoms with Gasteiger partial charge in [-0.15, -0.1) is 0 Å². The molecule has 0 aliphatic carbocycles. The molecular formula is C18H25FN2O2. The molecule has 0 radical (unpaired) electrons. The van der Waals surface area contributed by atoms with Crippen LogP contribution in [0, 0.1) is 11.7 Å². The number of piperidine rings is 1. The molecule has 0 saturated carbocycles. The molecule has 23 heavy (non-hydrogen) atoms. The predicted octanol–water partition coefficient (Wildman–Crippen LogP) is 2.67. The number of halogens is 1. The lowest BCUT2D eigenvalue weighted by Gasteiger charge is -2.41. The minimum Gasteiger partial charge on any atom is -0.496 e. The van der Waals surface area contributed by atoms with E-state index in [-0.39, 0.29) is 11.7 Å². The van der Waals surface area contributed by atoms with E-state index < -0.39 is 0 Å². The Morgan fingerprint density at radius 2 is 2.17 bits per heavy atom. The zero-order valence-electron chi connectivity index (χ0n) is 13.9. The van der Waals surface area contributed by atoms with E-state index in [1.54, 1.807) is 13.2 Å². The molecule has 4 nitrogen and oxygen atoms in total. The van der Waals surface area contributed by atoms with Crippen molar-refractivity contribution in [3.8, 4) is 5.75 Å². The van der Waals surface area contributed by atoms with Crippen LogP contribution in [0.15, 0.2) is 18.2 Å². The SMILES string of the molecule is COc1cccc(F)c1CN1CC[C@@H]2[C@H](CCCC(=O)N2C)C1. The van der Waals surface area contributed by atoms with E-state index in [0.717, 1.165) is 32.4 Å². The van der Waals surface area contributed by atoms with Gasteiger partial charge >= 0.3 is 0 Å². The van der Waals surface area contributed by atoms with Crippen molar-refractivity contribution < 1.29 is 13.9 Å². The second-order valence-electron chi connectivity index (χ2n) is 6.67. The molecule has 1 amide bonds. The summed E-state index contributed by atoms with van der Waals surface area (Å²) >= 11 is 0. The number of hydrogen-bond acceptors (Lipinski definition) is 3. The minimum atomic E-state index is -0.209. The van der Waals surface area contributed by atoms with Crippen LogP contribution in [0.5, 0.6) is 5.75 Å². The number of rotatable bonds is 3. The van der Waals surface area contributed by atoms with E-state index in [2.05, 4.69) is 4.90 Å². The Morgan fingerprint density at radius 3 is 2.96 bits per heavy atom. The highest BCUT2D eigenvalue weighted by Crippen LogP contribution is 2.31. The van der Waals surface area contributed by atoms with Crippen molar-refractivity contribution in [1.82, 2.24) is 9.80 Å². The van der Waals surface area contributed by atoms with E-state index in [0.29, 0.717) is 36.2 Å². The second kappa shape index (κ2) is 6.87. The molecule has 2 aliphatic heterocycles. The molecule has 1 aromatic carbocycles. The molecule has 2 saturated heterocycles.